The molecule has 0 fully saturated rings. The van der Waals surface area contributed by atoms with Crippen LogP contribution in [0.4, 0.5) is 11.4 Å². The zero-order valence-electron chi connectivity index (χ0n) is 12.2. The number of para-hydroxylation sites is 2. The van der Waals surface area contributed by atoms with Gasteiger partial charge in [-0.1, -0.05) is 24.3 Å². The highest BCUT2D eigenvalue weighted by molar-refractivity contribution is 8.00. The van der Waals surface area contributed by atoms with Gasteiger partial charge in [0, 0.05) is 9.79 Å². The van der Waals surface area contributed by atoms with Crippen LogP contribution in [-0.2, 0) is 9.59 Å². The van der Waals surface area contributed by atoms with Gasteiger partial charge in [0.05, 0.1) is 22.9 Å². The molecule has 0 bridgehead atoms. The lowest BCUT2D eigenvalue weighted by Gasteiger charge is -2.08. The largest absolute Gasteiger partial charge is 0.324 e. The monoisotopic (exact) mass is 364 g/mol. The lowest BCUT2D eigenvalue weighted by molar-refractivity contribution is -0.114. The van der Waals surface area contributed by atoms with E-state index >= 15 is 0 Å². The Labute approximate surface area is 150 Å². The number of thioether (sulfide) groups is 1. The lowest BCUT2D eigenvalue weighted by atomic mass is 10.3. The van der Waals surface area contributed by atoms with Gasteiger partial charge in [-0.25, -0.2) is 0 Å². The number of benzene rings is 2. The van der Waals surface area contributed by atoms with Crippen LogP contribution >= 0.6 is 37.0 Å². The Kier molecular flexibility index (Phi) is 6.88. The molecule has 0 aliphatic rings. The summed E-state index contributed by atoms with van der Waals surface area (Å²) >= 11 is 9.78. The van der Waals surface area contributed by atoms with Gasteiger partial charge in [-0.3, -0.25) is 9.59 Å². The summed E-state index contributed by atoms with van der Waals surface area (Å²) in [6.07, 6.45) is 0. The van der Waals surface area contributed by atoms with Crippen LogP contribution in [0.5, 0.6) is 0 Å². The van der Waals surface area contributed by atoms with Gasteiger partial charge < -0.3 is 10.6 Å². The number of carbonyl (C=O) groups is 2. The molecule has 23 heavy (non-hydrogen) atoms. The molecule has 4 nitrogen and oxygen atoms in total. The number of thiol groups is 2. The van der Waals surface area contributed by atoms with E-state index in [4.69, 9.17) is 0 Å². The van der Waals surface area contributed by atoms with Gasteiger partial charge in [-0.15, -0.1) is 37.0 Å². The minimum Gasteiger partial charge on any atom is -0.324 e. The van der Waals surface area contributed by atoms with Crippen molar-refractivity contribution in [2.45, 2.75) is 9.79 Å². The van der Waals surface area contributed by atoms with Crippen LogP contribution in [0.25, 0.3) is 0 Å². The van der Waals surface area contributed by atoms with Crippen LogP contribution in [0.15, 0.2) is 58.3 Å². The standard InChI is InChI=1S/C16H16N2O2S3/c19-15(17-11-5-1-3-7-13(11)21)9-23-10-16(20)18-12-6-2-4-8-14(12)22/h1-8,21-22H,9-10H2,(H,17,19)(H,18,20). The van der Waals surface area contributed by atoms with E-state index in [1.165, 1.54) is 11.8 Å². The Morgan fingerprint density at radius 1 is 0.783 bits per heavy atom. The van der Waals surface area contributed by atoms with Gasteiger partial charge in [0.25, 0.3) is 0 Å². The number of hydrogen-bond donors (Lipinski definition) is 4. The molecule has 0 atom stereocenters. The van der Waals surface area contributed by atoms with Gasteiger partial charge in [0.2, 0.25) is 11.8 Å². The average Bonchev–Trinajstić information content (AvgIpc) is 2.52. The maximum atomic E-state index is 11.8. The number of carbonyl (C=O) groups excluding carboxylic acids is 2. The van der Waals surface area contributed by atoms with E-state index in [2.05, 4.69) is 35.9 Å². The van der Waals surface area contributed by atoms with Crippen molar-refractivity contribution in [2.75, 3.05) is 22.1 Å². The average molecular weight is 365 g/mol. The van der Waals surface area contributed by atoms with Gasteiger partial charge in [-0.05, 0) is 24.3 Å². The van der Waals surface area contributed by atoms with Crippen LogP contribution in [0.2, 0.25) is 0 Å². The van der Waals surface area contributed by atoms with E-state index in [1.54, 1.807) is 24.3 Å². The molecule has 2 rings (SSSR count). The summed E-state index contributed by atoms with van der Waals surface area (Å²) in [5.74, 6) is 0.0496. The van der Waals surface area contributed by atoms with E-state index in [0.29, 0.717) is 21.2 Å². The Balaban J connectivity index is 1.74. The highest BCUT2D eigenvalue weighted by Crippen LogP contribution is 2.20. The Morgan fingerprint density at radius 3 is 1.57 bits per heavy atom. The predicted octanol–water partition coefficient (Wildman–Crippen LogP) is 3.57. The van der Waals surface area contributed by atoms with Crippen molar-refractivity contribution < 1.29 is 9.59 Å². The molecule has 2 N–H and O–H groups in total. The Bertz CT molecular complexity index is 648. The molecule has 0 aliphatic heterocycles. The molecular weight excluding hydrogens is 348 g/mol. The summed E-state index contributed by atoms with van der Waals surface area (Å²) in [4.78, 5) is 25.1. The first-order valence-electron chi connectivity index (χ1n) is 6.79. The zero-order chi connectivity index (χ0) is 16.7. The van der Waals surface area contributed by atoms with Gasteiger partial charge in [-0.2, -0.15) is 0 Å². The van der Waals surface area contributed by atoms with E-state index in [9.17, 15) is 9.59 Å². The molecular formula is C16H16N2O2S3. The molecule has 0 unspecified atom stereocenters. The van der Waals surface area contributed by atoms with Gasteiger partial charge in [0.15, 0.2) is 0 Å². The normalized spacial score (nSPS) is 10.2. The number of hydrogen-bond acceptors (Lipinski definition) is 5. The highest BCUT2D eigenvalue weighted by Gasteiger charge is 2.08. The molecule has 0 radical (unpaired) electrons. The molecule has 120 valence electrons. The number of rotatable bonds is 6. The van der Waals surface area contributed by atoms with Crippen molar-refractivity contribution in [2.24, 2.45) is 0 Å². The van der Waals surface area contributed by atoms with Crippen LogP contribution in [0, 0.1) is 0 Å². The van der Waals surface area contributed by atoms with Crippen LogP contribution in [0.1, 0.15) is 0 Å². The molecule has 0 saturated carbocycles. The molecule has 0 spiro atoms. The molecule has 0 aliphatic carbocycles. The molecule has 0 heterocycles. The number of nitrogens with one attached hydrogen (secondary N) is 2. The summed E-state index contributed by atoms with van der Waals surface area (Å²) in [6.45, 7) is 0. The van der Waals surface area contributed by atoms with Crippen LogP contribution in [-0.4, -0.2) is 23.3 Å². The molecule has 2 aromatic rings. The highest BCUT2D eigenvalue weighted by atomic mass is 32.2. The summed E-state index contributed by atoms with van der Waals surface area (Å²) in [6, 6.07) is 14.5. The van der Waals surface area contributed by atoms with Gasteiger partial charge in [0.1, 0.15) is 0 Å². The number of amides is 2. The summed E-state index contributed by atoms with van der Waals surface area (Å²) < 4.78 is 0. The third-order valence-electron chi connectivity index (χ3n) is 2.82. The zero-order valence-corrected chi connectivity index (χ0v) is 14.8. The molecule has 7 heteroatoms. The topological polar surface area (TPSA) is 58.2 Å². The van der Waals surface area contributed by atoms with E-state index < -0.39 is 0 Å². The van der Waals surface area contributed by atoms with E-state index in [0.717, 1.165) is 0 Å². The Hall–Kier alpha value is -1.57. The number of anilines is 2. The van der Waals surface area contributed by atoms with E-state index in [1.807, 2.05) is 24.3 Å². The van der Waals surface area contributed by atoms with Gasteiger partial charge >= 0.3 is 0 Å². The second kappa shape index (κ2) is 8.90. The molecule has 2 aromatic carbocycles. The fraction of sp³-hybridized carbons (Fsp3) is 0.125. The SMILES string of the molecule is O=C(CSCC(=O)Nc1ccccc1S)Nc1ccccc1S. The smallest absolute Gasteiger partial charge is 0.234 e. The summed E-state index contributed by atoms with van der Waals surface area (Å²) in [7, 11) is 0. The fourth-order valence-electron chi connectivity index (χ4n) is 1.77. The second-order valence-electron chi connectivity index (χ2n) is 4.62. The van der Waals surface area contributed by atoms with Crippen molar-refractivity contribution in [1.82, 2.24) is 0 Å². The third kappa shape index (κ3) is 5.85. The summed E-state index contributed by atoms with van der Waals surface area (Å²) in [5.41, 5.74) is 1.32. The fourth-order valence-corrected chi connectivity index (χ4v) is 2.82. The van der Waals surface area contributed by atoms with E-state index in [-0.39, 0.29) is 23.3 Å². The summed E-state index contributed by atoms with van der Waals surface area (Å²) in [5, 5.41) is 5.53. The minimum atomic E-state index is -0.168. The first-order valence-corrected chi connectivity index (χ1v) is 8.84. The minimum absolute atomic E-state index is 0.168. The maximum absolute atomic E-state index is 11.8. The van der Waals surface area contributed by atoms with Crippen LogP contribution in [0.3, 0.4) is 0 Å². The predicted molar refractivity (Wildman–Crippen MR) is 102 cm³/mol. The van der Waals surface area contributed by atoms with Crippen molar-refractivity contribution >= 4 is 60.2 Å². The first kappa shape index (κ1) is 17.8. The van der Waals surface area contributed by atoms with Crippen molar-refractivity contribution in [3.05, 3.63) is 48.5 Å². The Morgan fingerprint density at radius 2 is 1.17 bits per heavy atom. The quantitative estimate of drug-likeness (QED) is 0.593. The first-order chi connectivity index (χ1) is 11.1. The lowest BCUT2D eigenvalue weighted by Crippen LogP contribution is -2.18. The van der Waals surface area contributed by atoms with Crippen molar-refractivity contribution in [3.8, 4) is 0 Å². The van der Waals surface area contributed by atoms with Crippen LogP contribution < -0.4 is 10.6 Å². The molecule has 2 amide bonds. The maximum Gasteiger partial charge on any atom is 0.234 e. The second-order valence-corrected chi connectivity index (χ2v) is 6.57. The third-order valence-corrected chi connectivity index (χ3v) is 4.54. The molecule has 0 saturated heterocycles. The molecule has 0 aromatic heterocycles. The van der Waals surface area contributed by atoms with Crippen molar-refractivity contribution in [3.63, 3.8) is 0 Å². The van der Waals surface area contributed by atoms with Crippen molar-refractivity contribution in [1.29, 1.82) is 0 Å².